The van der Waals surface area contributed by atoms with Gasteiger partial charge in [-0.05, 0) is 59.7 Å². The summed E-state index contributed by atoms with van der Waals surface area (Å²) in [5.41, 5.74) is 11.5. The average Bonchev–Trinajstić information content (AvgIpc) is 2.40. The van der Waals surface area contributed by atoms with Crippen LogP contribution in [0.25, 0.3) is 0 Å². The largest absolute Gasteiger partial charge is 0.369 e. The molecule has 0 saturated heterocycles. The smallest absolute Gasteiger partial charge is 0.221 e. The molecule has 2 N–H and O–H groups in total. The summed E-state index contributed by atoms with van der Waals surface area (Å²) in [4.78, 5) is 11.1. The van der Waals surface area contributed by atoms with Gasteiger partial charge in [0, 0.05) is 4.47 Å². The van der Waals surface area contributed by atoms with Crippen LogP contribution in [0.15, 0.2) is 40.9 Å². The van der Waals surface area contributed by atoms with Gasteiger partial charge in [-0.25, -0.2) is 0 Å². The van der Waals surface area contributed by atoms with Gasteiger partial charge in [-0.2, -0.15) is 0 Å². The maximum Gasteiger partial charge on any atom is 0.221 e. The maximum atomic E-state index is 11.1. The van der Waals surface area contributed by atoms with E-state index >= 15 is 0 Å². The lowest BCUT2D eigenvalue weighted by atomic mass is 9.94. The number of primary amides is 1. The van der Waals surface area contributed by atoms with Crippen LogP contribution < -0.4 is 5.73 Å². The van der Waals surface area contributed by atoms with Gasteiger partial charge in [0.1, 0.15) is 0 Å². The van der Waals surface area contributed by atoms with E-state index in [2.05, 4.69) is 60.1 Å². The van der Waals surface area contributed by atoms with Crippen molar-refractivity contribution < 1.29 is 4.79 Å². The molecule has 0 aliphatic carbocycles. The number of rotatable bonds is 6. The molecule has 2 rings (SSSR count). The van der Waals surface area contributed by atoms with Crippen molar-refractivity contribution in [1.82, 2.24) is 0 Å². The molecule has 0 radical (unpaired) electrons. The lowest BCUT2D eigenvalue weighted by molar-refractivity contribution is -0.117. The van der Waals surface area contributed by atoms with Crippen molar-refractivity contribution in [1.29, 1.82) is 0 Å². The van der Waals surface area contributed by atoms with Crippen molar-refractivity contribution in [2.45, 2.75) is 39.5 Å². The summed E-state index contributed by atoms with van der Waals surface area (Å²) in [5, 5.41) is 0. The Balaban J connectivity index is 2.30. The van der Waals surface area contributed by atoms with Crippen LogP contribution in [0.2, 0.25) is 0 Å². The molecule has 0 fully saturated rings. The number of halogens is 1. The first-order valence-electron chi connectivity index (χ1n) is 7.63. The zero-order valence-corrected chi connectivity index (χ0v) is 14.7. The number of carbonyl (C=O) groups excluding carboxylic acids is 1. The Bertz CT molecular complexity index is 659. The van der Waals surface area contributed by atoms with Gasteiger partial charge in [0.15, 0.2) is 0 Å². The lowest BCUT2D eigenvalue weighted by Crippen LogP contribution is -2.14. The number of amides is 1. The summed E-state index contributed by atoms with van der Waals surface area (Å²) < 4.78 is 1.12. The second-order valence-electron chi connectivity index (χ2n) is 5.81. The molecule has 2 aromatic rings. The molecule has 0 aliphatic rings. The molecule has 0 aromatic heterocycles. The normalized spacial score (nSPS) is 10.7. The highest BCUT2D eigenvalue weighted by Gasteiger charge is 2.07. The second-order valence-corrected chi connectivity index (χ2v) is 6.73. The first-order chi connectivity index (χ1) is 10.5. The van der Waals surface area contributed by atoms with E-state index in [4.69, 9.17) is 5.73 Å². The van der Waals surface area contributed by atoms with E-state index in [0.29, 0.717) is 6.42 Å². The minimum Gasteiger partial charge on any atom is -0.369 e. The summed E-state index contributed by atoms with van der Waals surface area (Å²) >= 11 is 3.56. The van der Waals surface area contributed by atoms with Gasteiger partial charge in [0.25, 0.3) is 0 Å². The standard InChI is InChI=1S/C19H22BrNO/c1-3-4-16-9-14(12-19(21)22)5-6-17(16)10-15-7-13(2)8-18(20)11-15/h5-9,11H,3-4,10,12H2,1-2H3,(H2,21,22). The van der Waals surface area contributed by atoms with Crippen molar-refractivity contribution in [3.8, 4) is 0 Å². The van der Waals surface area contributed by atoms with Crippen LogP contribution in [-0.4, -0.2) is 5.91 Å². The van der Waals surface area contributed by atoms with Crippen LogP contribution in [0, 0.1) is 6.92 Å². The second kappa shape index (κ2) is 7.59. The summed E-state index contributed by atoms with van der Waals surface area (Å²) in [5.74, 6) is -0.280. The summed E-state index contributed by atoms with van der Waals surface area (Å²) in [6.45, 7) is 4.28. The third-order valence-electron chi connectivity index (χ3n) is 3.66. The Morgan fingerprint density at radius 3 is 2.50 bits per heavy atom. The van der Waals surface area contributed by atoms with Crippen molar-refractivity contribution in [2.24, 2.45) is 5.73 Å². The Hall–Kier alpha value is -1.61. The van der Waals surface area contributed by atoms with Gasteiger partial charge in [-0.15, -0.1) is 0 Å². The Morgan fingerprint density at radius 1 is 1.09 bits per heavy atom. The molecule has 0 atom stereocenters. The number of aryl methyl sites for hydroxylation is 2. The summed E-state index contributed by atoms with van der Waals surface area (Å²) in [7, 11) is 0. The van der Waals surface area contributed by atoms with Crippen LogP contribution in [-0.2, 0) is 24.1 Å². The molecule has 0 unspecified atom stereocenters. The molecule has 0 bridgehead atoms. The molecule has 0 spiro atoms. The fraction of sp³-hybridized carbons (Fsp3) is 0.316. The third kappa shape index (κ3) is 4.70. The van der Waals surface area contributed by atoms with Crippen molar-refractivity contribution in [3.05, 3.63) is 68.7 Å². The number of hydrogen-bond acceptors (Lipinski definition) is 1. The monoisotopic (exact) mass is 359 g/mol. The number of hydrogen-bond donors (Lipinski definition) is 1. The highest BCUT2D eigenvalue weighted by molar-refractivity contribution is 9.10. The van der Waals surface area contributed by atoms with Crippen LogP contribution >= 0.6 is 15.9 Å². The first kappa shape index (κ1) is 16.8. The van der Waals surface area contributed by atoms with E-state index in [1.807, 2.05) is 6.07 Å². The SMILES string of the molecule is CCCc1cc(CC(N)=O)ccc1Cc1cc(C)cc(Br)c1. The fourth-order valence-corrected chi connectivity index (χ4v) is 3.45. The Morgan fingerprint density at radius 2 is 1.86 bits per heavy atom. The van der Waals surface area contributed by atoms with Gasteiger partial charge in [-0.1, -0.05) is 53.5 Å². The highest BCUT2D eigenvalue weighted by atomic mass is 79.9. The van der Waals surface area contributed by atoms with E-state index in [1.54, 1.807) is 0 Å². The molecule has 116 valence electrons. The summed E-state index contributed by atoms with van der Waals surface area (Å²) in [6.07, 6.45) is 3.33. The molecule has 3 heteroatoms. The molecule has 2 nitrogen and oxygen atoms in total. The van der Waals surface area contributed by atoms with Crippen LogP contribution in [0.1, 0.15) is 41.2 Å². The molecule has 1 amide bonds. The third-order valence-corrected chi connectivity index (χ3v) is 4.12. The van der Waals surface area contributed by atoms with E-state index < -0.39 is 0 Å². The van der Waals surface area contributed by atoms with E-state index in [0.717, 1.165) is 29.3 Å². The van der Waals surface area contributed by atoms with Crippen LogP contribution in [0.4, 0.5) is 0 Å². The van der Waals surface area contributed by atoms with Crippen LogP contribution in [0.3, 0.4) is 0 Å². The van der Waals surface area contributed by atoms with Crippen molar-refractivity contribution >= 4 is 21.8 Å². The molecule has 0 aliphatic heterocycles. The predicted molar refractivity (Wildman–Crippen MR) is 95.0 cm³/mol. The number of nitrogens with two attached hydrogens (primary N) is 1. The zero-order chi connectivity index (χ0) is 16.1. The minimum atomic E-state index is -0.280. The molecule has 2 aromatic carbocycles. The number of carbonyl (C=O) groups is 1. The lowest BCUT2D eigenvalue weighted by Gasteiger charge is -2.12. The van der Waals surface area contributed by atoms with Crippen molar-refractivity contribution in [2.75, 3.05) is 0 Å². The van der Waals surface area contributed by atoms with E-state index in [1.165, 1.54) is 22.3 Å². The van der Waals surface area contributed by atoms with E-state index in [9.17, 15) is 4.79 Å². The van der Waals surface area contributed by atoms with Gasteiger partial charge in [0.05, 0.1) is 6.42 Å². The highest BCUT2D eigenvalue weighted by Crippen LogP contribution is 2.22. The van der Waals surface area contributed by atoms with Crippen molar-refractivity contribution in [3.63, 3.8) is 0 Å². The molecule has 22 heavy (non-hydrogen) atoms. The van der Waals surface area contributed by atoms with Gasteiger partial charge in [-0.3, -0.25) is 4.79 Å². The quantitative estimate of drug-likeness (QED) is 0.819. The van der Waals surface area contributed by atoms with Gasteiger partial charge >= 0.3 is 0 Å². The maximum absolute atomic E-state index is 11.1. The molecule has 0 saturated carbocycles. The molecular formula is C19H22BrNO. The molecule has 0 heterocycles. The first-order valence-corrected chi connectivity index (χ1v) is 8.42. The zero-order valence-electron chi connectivity index (χ0n) is 13.2. The van der Waals surface area contributed by atoms with Gasteiger partial charge < -0.3 is 5.73 Å². The molecular weight excluding hydrogens is 338 g/mol. The van der Waals surface area contributed by atoms with Crippen LogP contribution in [0.5, 0.6) is 0 Å². The minimum absolute atomic E-state index is 0.280. The summed E-state index contributed by atoms with van der Waals surface area (Å²) in [6, 6.07) is 12.8. The predicted octanol–water partition coefficient (Wildman–Crippen LogP) is 4.33. The number of benzene rings is 2. The Labute approximate surface area is 140 Å². The fourth-order valence-electron chi connectivity index (χ4n) is 2.80. The van der Waals surface area contributed by atoms with Gasteiger partial charge in [0.2, 0.25) is 5.91 Å². The topological polar surface area (TPSA) is 43.1 Å². The van der Waals surface area contributed by atoms with E-state index in [-0.39, 0.29) is 5.91 Å². The Kier molecular flexibility index (Phi) is 5.78. The average molecular weight is 360 g/mol.